The third-order valence-corrected chi connectivity index (χ3v) is 4.74. The van der Waals surface area contributed by atoms with E-state index in [1.54, 1.807) is 7.11 Å². The van der Waals surface area contributed by atoms with Crippen molar-refractivity contribution in [2.24, 2.45) is 0 Å². The van der Waals surface area contributed by atoms with E-state index in [1.165, 1.54) is 12.7 Å². The molecule has 1 unspecified atom stereocenters. The van der Waals surface area contributed by atoms with Crippen molar-refractivity contribution in [3.8, 4) is 0 Å². The molecular formula is C17H28O3P+. The van der Waals surface area contributed by atoms with Gasteiger partial charge in [0.15, 0.2) is 0 Å². The van der Waals surface area contributed by atoms with E-state index < -0.39 is 8.03 Å². The number of hydrogen-bond donors (Lipinski definition) is 0. The summed E-state index contributed by atoms with van der Waals surface area (Å²) in [5.41, 5.74) is 3.17. The second-order valence-electron chi connectivity index (χ2n) is 7.40. The van der Waals surface area contributed by atoms with Crippen LogP contribution in [0.5, 0.6) is 0 Å². The van der Waals surface area contributed by atoms with Gasteiger partial charge in [-0.2, -0.15) is 0 Å². The van der Waals surface area contributed by atoms with Crippen molar-refractivity contribution in [3.05, 3.63) is 28.8 Å². The zero-order valence-electron chi connectivity index (χ0n) is 14.5. The van der Waals surface area contributed by atoms with Crippen molar-refractivity contribution in [3.63, 3.8) is 0 Å². The summed E-state index contributed by atoms with van der Waals surface area (Å²) in [5.74, 6) is 0. The molecule has 0 fully saturated rings. The van der Waals surface area contributed by atoms with E-state index in [0.717, 1.165) is 16.4 Å². The molecule has 0 aliphatic rings. The Hall–Kier alpha value is -0.760. The van der Waals surface area contributed by atoms with Crippen LogP contribution in [0, 0.1) is 0 Å². The Morgan fingerprint density at radius 2 is 1.57 bits per heavy atom. The summed E-state index contributed by atoms with van der Waals surface area (Å²) in [4.78, 5) is 0. The van der Waals surface area contributed by atoms with E-state index >= 15 is 0 Å². The molecule has 0 saturated heterocycles. The molecule has 0 N–H and O–H groups in total. The molecule has 0 saturated carbocycles. The lowest BCUT2D eigenvalue weighted by molar-refractivity contribution is 0.185. The average Bonchev–Trinajstić information content (AvgIpc) is 2.35. The van der Waals surface area contributed by atoms with Crippen molar-refractivity contribution in [1.82, 2.24) is 0 Å². The van der Waals surface area contributed by atoms with Crippen LogP contribution >= 0.6 is 8.03 Å². The van der Waals surface area contributed by atoms with Gasteiger partial charge in [0.25, 0.3) is 0 Å². The molecular weight excluding hydrogens is 283 g/mol. The summed E-state index contributed by atoms with van der Waals surface area (Å²) in [6.45, 7) is 13.4. The molecule has 1 aromatic rings. The van der Waals surface area contributed by atoms with Crippen molar-refractivity contribution in [2.45, 2.75) is 59.0 Å². The molecule has 0 bridgehead atoms. The Morgan fingerprint density at radius 3 is 1.95 bits per heavy atom. The first kappa shape index (κ1) is 18.3. The van der Waals surface area contributed by atoms with Crippen LogP contribution in [0.1, 0.15) is 58.2 Å². The van der Waals surface area contributed by atoms with E-state index in [0.29, 0.717) is 6.61 Å². The van der Waals surface area contributed by atoms with Gasteiger partial charge in [-0.15, -0.1) is 4.52 Å². The number of benzene rings is 1. The van der Waals surface area contributed by atoms with Gasteiger partial charge < -0.3 is 4.74 Å². The number of ether oxygens (including phenoxy) is 1. The molecule has 1 atom stereocenters. The molecule has 0 radical (unpaired) electrons. The summed E-state index contributed by atoms with van der Waals surface area (Å²) in [7, 11) is 1.27. The second-order valence-corrected chi connectivity index (χ2v) is 8.73. The molecule has 0 spiro atoms. The highest BCUT2D eigenvalue weighted by Gasteiger charge is 2.35. The number of rotatable bonds is 4. The van der Waals surface area contributed by atoms with E-state index in [4.69, 9.17) is 9.26 Å². The lowest BCUT2D eigenvalue weighted by Crippen LogP contribution is -2.26. The first-order chi connectivity index (χ1) is 9.52. The fourth-order valence-electron chi connectivity index (χ4n) is 2.27. The summed E-state index contributed by atoms with van der Waals surface area (Å²) in [5, 5.41) is 0.787. The van der Waals surface area contributed by atoms with Gasteiger partial charge in [-0.1, -0.05) is 47.6 Å². The molecule has 0 amide bonds. The summed E-state index contributed by atoms with van der Waals surface area (Å²) >= 11 is 0. The van der Waals surface area contributed by atoms with Crippen molar-refractivity contribution < 1.29 is 13.8 Å². The van der Waals surface area contributed by atoms with Crippen LogP contribution in [0.3, 0.4) is 0 Å². The zero-order valence-corrected chi connectivity index (χ0v) is 15.4. The Kier molecular flexibility index (Phi) is 5.71. The number of methoxy groups -OCH3 is 1. The monoisotopic (exact) mass is 311 g/mol. The first-order valence-electron chi connectivity index (χ1n) is 7.20. The summed E-state index contributed by atoms with van der Waals surface area (Å²) in [6.07, 6.45) is 0. The molecule has 4 heteroatoms. The maximum Gasteiger partial charge on any atom is 0.549 e. The maximum absolute atomic E-state index is 12.4. The largest absolute Gasteiger partial charge is 0.549 e. The van der Waals surface area contributed by atoms with Gasteiger partial charge in [-0.05, 0) is 27.0 Å². The lowest BCUT2D eigenvalue weighted by atomic mass is 9.79. The average molecular weight is 311 g/mol. The Labute approximate surface area is 129 Å². The molecule has 0 heterocycles. The van der Waals surface area contributed by atoms with Crippen LogP contribution < -0.4 is 5.30 Å². The third kappa shape index (κ3) is 4.35. The molecule has 21 heavy (non-hydrogen) atoms. The van der Waals surface area contributed by atoms with Gasteiger partial charge >= 0.3 is 8.03 Å². The van der Waals surface area contributed by atoms with E-state index in [9.17, 15) is 4.57 Å². The highest BCUT2D eigenvalue weighted by Crippen LogP contribution is 2.35. The van der Waals surface area contributed by atoms with Crippen LogP contribution in [0.15, 0.2) is 12.1 Å². The molecule has 0 aromatic heterocycles. The van der Waals surface area contributed by atoms with Crippen LogP contribution in [-0.4, -0.2) is 14.2 Å². The standard InChI is InChI=1S/C17H28O3P/c1-16(2,3)13-9-12(11-19-7)15(21(18)20-8)14(10-13)17(4,5)6/h9-10H,11H2,1-8H3/q+1. The van der Waals surface area contributed by atoms with E-state index in [-0.39, 0.29) is 10.8 Å². The first-order valence-corrected chi connectivity index (χ1v) is 8.38. The molecule has 3 nitrogen and oxygen atoms in total. The predicted octanol–water partition coefficient (Wildman–Crippen LogP) is 4.44. The van der Waals surface area contributed by atoms with Gasteiger partial charge in [0.1, 0.15) is 0 Å². The Morgan fingerprint density at radius 1 is 1.00 bits per heavy atom. The van der Waals surface area contributed by atoms with Crippen molar-refractivity contribution >= 4 is 13.3 Å². The lowest BCUT2D eigenvalue weighted by Gasteiger charge is -2.26. The summed E-state index contributed by atoms with van der Waals surface area (Å²) in [6, 6.07) is 4.26. The minimum Gasteiger partial charge on any atom is -0.380 e. The quantitative estimate of drug-likeness (QED) is 0.771. The minimum absolute atomic E-state index is 0.0275. The fraction of sp³-hybridized carbons (Fsp3) is 0.647. The van der Waals surface area contributed by atoms with Gasteiger partial charge in [-0.3, -0.25) is 0 Å². The normalized spacial score (nSPS) is 13.4. The molecule has 0 aliphatic carbocycles. The molecule has 0 aliphatic heterocycles. The highest BCUT2D eigenvalue weighted by atomic mass is 31.1. The maximum atomic E-state index is 12.4. The topological polar surface area (TPSA) is 35.5 Å². The molecule has 118 valence electrons. The Bertz CT molecular complexity index is 522. The SMILES string of the molecule is COCc1cc(C(C)(C)C)cc(C(C)(C)C)c1[P+](=O)OC. The van der Waals surface area contributed by atoms with Gasteiger partial charge in [0, 0.05) is 18.2 Å². The molecule has 1 aromatic carbocycles. The van der Waals surface area contributed by atoms with Gasteiger partial charge in [-0.25, -0.2) is 0 Å². The Balaban J connectivity index is 3.70. The minimum atomic E-state index is -1.87. The van der Waals surface area contributed by atoms with Crippen LogP contribution in [-0.2, 0) is 31.3 Å². The number of hydrogen-bond acceptors (Lipinski definition) is 3. The van der Waals surface area contributed by atoms with Crippen LogP contribution in [0.4, 0.5) is 0 Å². The summed E-state index contributed by atoms with van der Waals surface area (Å²) < 4.78 is 22.9. The molecule has 1 rings (SSSR count). The van der Waals surface area contributed by atoms with E-state index in [1.807, 2.05) is 0 Å². The van der Waals surface area contributed by atoms with E-state index in [2.05, 4.69) is 53.7 Å². The van der Waals surface area contributed by atoms with Gasteiger partial charge in [0.05, 0.1) is 13.7 Å². The fourth-order valence-corrected chi connectivity index (χ4v) is 3.41. The predicted molar refractivity (Wildman–Crippen MR) is 88.8 cm³/mol. The smallest absolute Gasteiger partial charge is 0.380 e. The zero-order chi connectivity index (χ0) is 16.4. The van der Waals surface area contributed by atoms with Gasteiger partial charge in [0.2, 0.25) is 5.30 Å². The van der Waals surface area contributed by atoms with Crippen molar-refractivity contribution in [2.75, 3.05) is 14.2 Å². The van der Waals surface area contributed by atoms with Crippen LogP contribution in [0.25, 0.3) is 0 Å². The second kappa shape index (κ2) is 6.56. The highest BCUT2D eigenvalue weighted by molar-refractivity contribution is 7.48. The van der Waals surface area contributed by atoms with Crippen molar-refractivity contribution in [1.29, 1.82) is 0 Å². The van der Waals surface area contributed by atoms with Crippen LogP contribution in [0.2, 0.25) is 0 Å². The third-order valence-electron chi connectivity index (χ3n) is 3.51.